The monoisotopic (exact) mass is 323 g/mol. The Bertz CT molecular complexity index is 920. The molecule has 3 N–H and O–H groups in total. The van der Waals surface area contributed by atoms with Gasteiger partial charge in [0, 0.05) is 24.5 Å². The minimum atomic E-state index is 0.310. The minimum Gasteiger partial charge on any atom is -0.450 e. The fourth-order valence-electron chi connectivity index (χ4n) is 4.19. The van der Waals surface area contributed by atoms with E-state index in [1.54, 1.807) is 0 Å². The number of benzene rings is 1. The van der Waals surface area contributed by atoms with Gasteiger partial charge in [0.25, 0.3) is 0 Å². The summed E-state index contributed by atoms with van der Waals surface area (Å²) >= 11 is 0. The normalized spacial score (nSPS) is 24.0. The average Bonchev–Trinajstić information content (AvgIpc) is 3.15. The highest BCUT2D eigenvalue weighted by molar-refractivity contribution is 6.06. The van der Waals surface area contributed by atoms with E-state index in [9.17, 15) is 0 Å². The summed E-state index contributed by atoms with van der Waals surface area (Å²) in [5.41, 5.74) is 9.61. The van der Waals surface area contributed by atoms with Crippen molar-refractivity contribution in [2.24, 2.45) is 5.92 Å². The smallest absolute Gasteiger partial charge is 0.222 e. The number of piperidine rings is 1. The number of rotatable bonds is 1. The van der Waals surface area contributed by atoms with Gasteiger partial charge in [0.2, 0.25) is 5.95 Å². The first kappa shape index (κ1) is 14.0. The van der Waals surface area contributed by atoms with E-state index in [1.807, 2.05) is 6.07 Å². The van der Waals surface area contributed by atoms with E-state index < -0.39 is 0 Å². The molecule has 1 aromatic carbocycles. The van der Waals surface area contributed by atoms with E-state index in [2.05, 4.69) is 39.2 Å². The number of nitrogens with two attached hydrogens (primary N) is 1. The Hall–Kier alpha value is -2.34. The highest BCUT2D eigenvalue weighted by Crippen LogP contribution is 2.36. The van der Waals surface area contributed by atoms with Crippen LogP contribution in [0.1, 0.15) is 18.4 Å². The summed E-state index contributed by atoms with van der Waals surface area (Å²) in [5, 5.41) is 4.64. The van der Waals surface area contributed by atoms with Crippen LogP contribution in [-0.4, -0.2) is 35.6 Å². The van der Waals surface area contributed by atoms with Gasteiger partial charge in [-0.05, 0) is 44.4 Å². The molecular weight excluding hydrogens is 302 g/mol. The van der Waals surface area contributed by atoms with Crippen molar-refractivity contribution >= 4 is 33.8 Å². The lowest BCUT2D eigenvalue weighted by molar-refractivity contribution is 0.340. The molecule has 0 aliphatic carbocycles. The Kier molecular flexibility index (Phi) is 2.97. The first-order valence-electron chi connectivity index (χ1n) is 8.64. The van der Waals surface area contributed by atoms with Crippen LogP contribution >= 0.6 is 0 Å². The number of fused-ring (bicyclic) bond motifs is 4. The van der Waals surface area contributed by atoms with Gasteiger partial charge < -0.3 is 20.4 Å². The Labute approximate surface area is 140 Å². The number of furan rings is 1. The van der Waals surface area contributed by atoms with Gasteiger partial charge in [-0.1, -0.05) is 11.6 Å². The molecule has 4 heterocycles. The molecule has 2 aliphatic rings. The van der Waals surface area contributed by atoms with Crippen molar-refractivity contribution in [3.63, 3.8) is 0 Å². The SMILES string of the molecule is Cc1ccc2oc3c(N4CC5CCCNC5C4)nc(N)nc3c2c1. The van der Waals surface area contributed by atoms with Gasteiger partial charge in [0.1, 0.15) is 11.1 Å². The van der Waals surface area contributed by atoms with Crippen molar-refractivity contribution < 1.29 is 4.42 Å². The fourth-order valence-corrected chi connectivity index (χ4v) is 4.19. The summed E-state index contributed by atoms with van der Waals surface area (Å²) in [4.78, 5) is 11.3. The Morgan fingerprint density at radius 2 is 2.21 bits per heavy atom. The van der Waals surface area contributed by atoms with Crippen LogP contribution in [0.3, 0.4) is 0 Å². The second-order valence-electron chi connectivity index (χ2n) is 7.05. The highest BCUT2D eigenvalue weighted by atomic mass is 16.3. The second kappa shape index (κ2) is 5.08. The lowest BCUT2D eigenvalue weighted by Gasteiger charge is -2.24. The van der Waals surface area contributed by atoms with E-state index in [4.69, 9.17) is 10.2 Å². The first-order valence-corrected chi connectivity index (χ1v) is 8.64. The predicted octanol–water partition coefficient (Wildman–Crippen LogP) is 2.45. The standard InChI is InChI=1S/C18H21N5O/c1-10-4-5-14-12(7-10)15-16(24-14)17(22-18(19)21-15)23-8-11-3-2-6-20-13(11)9-23/h4-5,7,11,13,20H,2-3,6,8-9H2,1H3,(H2,19,21,22). The van der Waals surface area contributed by atoms with Crippen LogP contribution in [0.2, 0.25) is 0 Å². The maximum absolute atomic E-state index is 6.12. The van der Waals surface area contributed by atoms with Crippen LogP contribution in [0.4, 0.5) is 11.8 Å². The lowest BCUT2D eigenvalue weighted by Crippen LogP contribution is -2.40. The van der Waals surface area contributed by atoms with Gasteiger partial charge in [-0.25, -0.2) is 4.98 Å². The molecular formula is C18H21N5O. The highest BCUT2D eigenvalue weighted by Gasteiger charge is 2.36. The van der Waals surface area contributed by atoms with Crippen molar-refractivity contribution in [2.75, 3.05) is 30.3 Å². The molecule has 124 valence electrons. The van der Waals surface area contributed by atoms with Crippen LogP contribution in [-0.2, 0) is 0 Å². The van der Waals surface area contributed by atoms with Crippen molar-refractivity contribution in [2.45, 2.75) is 25.8 Å². The topological polar surface area (TPSA) is 80.2 Å². The number of hydrogen-bond donors (Lipinski definition) is 2. The number of aryl methyl sites for hydroxylation is 1. The third kappa shape index (κ3) is 2.06. The number of nitrogens with zero attached hydrogens (tertiary/aromatic N) is 3. The molecule has 0 radical (unpaired) electrons. The molecule has 6 heteroatoms. The molecule has 2 atom stereocenters. The lowest BCUT2D eigenvalue weighted by atomic mass is 9.94. The van der Waals surface area contributed by atoms with E-state index >= 15 is 0 Å². The third-order valence-electron chi connectivity index (χ3n) is 5.37. The van der Waals surface area contributed by atoms with Crippen LogP contribution in [0.25, 0.3) is 22.1 Å². The molecule has 2 saturated heterocycles. The molecule has 0 bridgehead atoms. The van der Waals surface area contributed by atoms with Gasteiger partial charge in [0.15, 0.2) is 11.4 Å². The van der Waals surface area contributed by atoms with Crippen molar-refractivity contribution in [1.29, 1.82) is 0 Å². The zero-order valence-corrected chi connectivity index (χ0v) is 13.7. The van der Waals surface area contributed by atoms with Crippen LogP contribution in [0, 0.1) is 12.8 Å². The maximum Gasteiger partial charge on any atom is 0.222 e. The quantitative estimate of drug-likeness (QED) is 0.716. The Morgan fingerprint density at radius 3 is 3.08 bits per heavy atom. The van der Waals surface area contributed by atoms with Gasteiger partial charge in [-0.15, -0.1) is 0 Å². The Balaban J connectivity index is 1.67. The summed E-state index contributed by atoms with van der Waals surface area (Å²) in [6.45, 7) is 5.13. The van der Waals surface area contributed by atoms with E-state index in [-0.39, 0.29) is 0 Å². The summed E-state index contributed by atoms with van der Waals surface area (Å²) in [6, 6.07) is 6.69. The van der Waals surface area contributed by atoms with Gasteiger partial charge in [-0.2, -0.15) is 4.98 Å². The minimum absolute atomic E-state index is 0.310. The second-order valence-corrected chi connectivity index (χ2v) is 7.05. The average molecular weight is 323 g/mol. The molecule has 3 aromatic rings. The summed E-state index contributed by atoms with van der Waals surface area (Å²) in [7, 11) is 0. The van der Waals surface area contributed by atoms with E-state index in [0.29, 0.717) is 17.9 Å². The van der Waals surface area contributed by atoms with Crippen LogP contribution in [0.5, 0.6) is 0 Å². The molecule has 2 aromatic heterocycles. The summed E-state index contributed by atoms with van der Waals surface area (Å²) in [5.74, 6) is 1.82. The molecule has 6 nitrogen and oxygen atoms in total. The van der Waals surface area contributed by atoms with Crippen molar-refractivity contribution in [3.8, 4) is 0 Å². The van der Waals surface area contributed by atoms with Gasteiger partial charge in [-0.3, -0.25) is 0 Å². The van der Waals surface area contributed by atoms with E-state index in [1.165, 1.54) is 18.4 Å². The predicted molar refractivity (Wildman–Crippen MR) is 95.2 cm³/mol. The summed E-state index contributed by atoms with van der Waals surface area (Å²) in [6.07, 6.45) is 2.53. The number of anilines is 2. The number of aromatic nitrogens is 2. The molecule has 24 heavy (non-hydrogen) atoms. The van der Waals surface area contributed by atoms with E-state index in [0.717, 1.165) is 47.5 Å². The maximum atomic E-state index is 6.12. The zero-order valence-electron chi connectivity index (χ0n) is 13.7. The summed E-state index contributed by atoms with van der Waals surface area (Å²) < 4.78 is 6.12. The third-order valence-corrected chi connectivity index (χ3v) is 5.37. The number of nitrogen functional groups attached to an aromatic ring is 1. The van der Waals surface area contributed by atoms with Crippen molar-refractivity contribution in [3.05, 3.63) is 23.8 Å². The molecule has 5 rings (SSSR count). The molecule has 2 aliphatic heterocycles. The zero-order chi connectivity index (χ0) is 16.3. The molecule has 0 amide bonds. The van der Waals surface area contributed by atoms with Crippen LogP contribution < -0.4 is 16.0 Å². The first-order chi connectivity index (χ1) is 11.7. The largest absolute Gasteiger partial charge is 0.450 e. The fraction of sp³-hybridized carbons (Fsp3) is 0.444. The number of nitrogens with one attached hydrogen (secondary N) is 1. The molecule has 2 fully saturated rings. The van der Waals surface area contributed by atoms with Gasteiger partial charge >= 0.3 is 0 Å². The van der Waals surface area contributed by atoms with Crippen molar-refractivity contribution in [1.82, 2.24) is 15.3 Å². The Morgan fingerprint density at radius 1 is 1.29 bits per heavy atom. The molecule has 0 saturated carbocycles. The molecule has 0 spiro atoms. The van der Waals surface area contributed by atoms with Crippen LogP contribution in [0.15, 0.2) is 22.6 Å². The van der Waals surface area contributed by atoms with Gasteiger partial charge in [0.05, 0.1) is 0 Å². The molecule has 2 unspecified atom stereocenters. The number of hydrogen-bond acceptors (Lipinski definition) is 6.